The Labute approximate surface area is 183 Å². The largest absolute Gasteiger partial charge is 0.494 e. The number of ether oxygens (including phenoxy) is 2. The molecule has 0 aliphatic heterocycles. The molecule has 0 fully saturated rings. The van der Waals surface area contributed by atoms with Crippen LogP contribution in [0.5, 0.6) is 5.75 Å². The van der Waals surface area contributed by atoms with Crippen molar-refractivity contribution in [3.8, 4) is 11.4 Å². The number of nitrogens with zero attached hydrogens (tertiary/aromatic N) is 2. The number of hydrogen-bond acceptors (Lipinski definition) is 6. The maximum Gasteiger partial charge on any atom is 0.360 e. The van der Waals surface area contributed by atoms with Crippen LogP contribution in [-0.4, -0.2) is 34.9 Å². The quantitative estimate of drug-likeness (QED) is 0.542. The predicted octanol–water partition coefficient (Wildman–Crippen LogP) is 3.13. The molecule has 0 unspecified atom stereocenters. The van der Waals surface area contributed by atoms with Crippen molar-refractivity contribution in [2.45, 2.75) is 20.3 Å². The number of benzene rings is 2. The summed E-state index contributed by atoms with van der Waals surface area (Å²) in [6, 6.07) is 13.1. The van der Waals surface area contributed by atoms with Crippen molar-refractivity contribution < 1.29 is 23.5 Å². The van der Waals surface area contributed by atoms with Crippen molar-refractivity contribution in [3.63, 3.8) is 0 Å². The molecule has 0 bridgehead atoms. The molecule has 32 heavy (non-hydrogen) atoms. The highest BCUT2D eigenvalue weighted by molar-refractivity contribution is 6.00. The van der Waals surface area contributed by atoms with Gasteiger partial charge in [-0.2, -0.15) is 9.78 Å². The first-order valence-corrected chi connectivity index (χ1v) is 10.00. The number of aromatic nitrogens is 2. The monoisotopic (exact) mass is 439 g/mol. The molecule has 0 radical (unpaired) electrons. The first-order chi connectivity index (χ1) is 15.4. The molecule has 0 aliphatic rings. The van der Waals surface area contributed by atoms with Gasteiger partial charge in [-0.3, -0.25) is 9.59 Å². The molecule has 1 heterocycles. The van der Waals surface area contributed by atoms with Gasteiger partial charge in [-0.15, -0.1) is 0 Å². The Morgan fingerprint density at radius 1 is 1.03 bits per heavy atom. The van der Waals surface area contributed by atoms with Gasteiger partial charge in [0, 0.05) is 6.07 Å². The van der Waals surface area contributed by atoms with Crippen LogP contribution in [0.15, 0.2) is 59.4 Å². The van der Waals surface area contributed by atoms with Crippen LogP contribution in [0.1, 0.15) is 29.9 Å². The first kappa shape index (κ1) is 22.7. The number of hydrogen-bond donors (Lipinski definition) is 1. The SMILES string of the molecule is CCOC(=O)c1nn(-c2ccc(F)cc2)c(=O)cc1NC(=O)Cc1ccc(OCC)cc1. The van der Waals surface area contributed by atoms with Gasteiger partial charge >= 0.3 is 5.97 Å². The minimum atomic E-state index is -0.806. The standard InChI is InChI=1S/C23H22FN3O5/c1-3-31-18-11-5-15(6-12-18)13-20(28)25-19-14-21(29)27(17-9-7-16(24)8-10-17)26-22(19)23(30)32-4-2/h5-12,14H,3-4,13H2,1-2H3,(H,25,28). The van der Waals surface area contributed by atoms with Gasteiger partial charge in [0.2, 0.25) is 5.91 Å². The molecule has 1 aromatic heterocycles. The Hall–Kier alpha value is -4.01. The second kappa shape index (κ2) is 10.3. The second-order valence-corrected chi connectivity index (χ2v) is 6.66. The number of amides is 1. The van der Waals surface area contributed by atoms with E-state index in [1.807, 2.05) is 6.92 Å². The van der Waals surface area contributed by atoms with E-state index in [9.17, 15) is 18.8 Å². The molecule has 0 spiro atoms. The summed E-state index contributed by atoms with van der Waals surface area (Å²) in [7, 11) is 0. The summed E-state index contributed by atoms with van der Waals surface area (Å²) < 4.78 is 24.5. The molecule has 1 amide bonds. The summed E-state index contributed by atoms with van der Waals surface area (Å²) in [5.74, 6) is -1.04. The molecular formula is C23H22FN3O5. The molecule has 3 aromatic rings. The zero-order chi connectivity index (χ0) is 23.1. The fraction of sp³-hybridized carbons (Fsp3) is 0.217. The average Bonchev–Trinajstić information content (AvgIpc) is 2.76. The molecule has 2 aromatic carbocycles. The van der Waals surface area contributed by atoms with Crippen LogP contribution in [0, 0.1) is 5.82 Å². The lowest BCUT2D eigenvalue weighted by molar-refractivity contribution is -0.115. The fourth-order valence-electron chi connectivity index (χ4n) is 2.92. The zero-order valence-electron chi connectivity index (χ0n) is 17.6. The van der Waals surface area contributed by atoms with Crippen molar-refractivity contribution in [2.24, 2.45) is 0 Å². The first-order valence-electron chi connectivity index (χ1n) is 10.00. The maximum atomic E-state index is 13.2. The third-order valence-electron chi connectivity index (χ3n) is 4.34. The minimum absolute atomic E-state index is 0.00964. The third kappa shape index (κ3) is 5.57. The van der Waals surface area contributed by atoms with Gasteiger partial charge in [-0.1, -0.05) is 12.1 Å². The lowest BCUT2D eigenvalue weighted by Gasteiger charge is -2.12. The van der Waals surface area contributed by atoms with E-state index in [0.717, 1.165) is 16.3 Å². The number of carbonyl (C=O) groups is 2. The van der Waals surface area contributed by atoms with Gasteiger partial charge in [0.25, 0.3) is 5.56 Å². The van der Waals surface area contributed by atoms with Gasteiger partial charge in [0.05, 0.1) is 31.0 Å². The minimum Gasteiger partial charge on any atom is -0.494 e. The number of rotatable bonds is 8. The highest BCUT2D eigenvalue weighted by Crippen LogP contribution is 2.16. The molecule has 9 heteroatoms. The summed E-state index contributed by atoms with van der Waals surface area (Å²) in [5.41, 5.74) is 0.0602. The van der Waals surface area contributed by atoms with Crippen molar-refractivity contribution in [3.05, 3.63) is 82.0 Å². The summed E-state index contributed by atoms with van der Waals surface area (Å²) in [4.78, 5) is 37.6. The predicted molar refractivity (Wildman–Crippen MR) is 116 cm³/mol. The van der Waals surface area contributed by atoms with Gasteiger partial charge in [0.15, 0.2) is 5.69 Å². The molecule has 0 aliphatic carbocycles. The Morgan fingerprint density at radius 3 is 2.34 bits per heavy atom. The number of esters is 1. The number of halogens is 1. The highest BCUT2D eigenvalue weighted by atomic mass is 19.1. The topological polar surface area (TPSA) is 99.5 Å². The van der Waals surface area contributed by atoms with Crippen LogP contribution in [0.25, 0.3) is 5.69 Å². The number of anilines is 1. The van der Waals surface area contributed by atoms with E-state index < -0.39 is 23.3 Å². The summed E-state index contributed by atoms with van der Waals surface area (Å²) in [6.07, 6.45) is 0.00964. The van der Waals surface area contributed by atoms with E-state index in [4.69, 9.17) is 9.47 Å². The fourth-order valence-corrected chi connectivity index (χ4v) is 2.92. The van der Waals surface area contributed by atoms with Crippen molar-refractivity contribution >= 4 is 17.6 Å². The van der Waals surface area contributed by atoms with E-state index in [2.05, 4.69) is 10.4 Å². The molecule has 8 nitrogen and oxygen atoms in total. The molecule has 0 saturated heterocycles. The van der Waals surface area contributed by atoms with E-state index in [-0.39, 0.29) is 30.1 Å². The second-order valence-electron chi connectivity index (χ2n) is 6.66. The summed E-state index contributed by atoms with van der Waals surface area (Å²) in [6.45, 7) is 4.11. The smallest absolute Gasteiger partial charge is 0.360 e. The normalized spacial score (nSPS) is 10.5. The number of carbonyl (C=O) groups excluding carboxylic acids is 2. The van der Waals surface area contributed by atoms with Crippen LogP contribution < -0.4 is 15.6 Å². The third-order valence-corrected chi connectivity index (χ3v) is 4.34. The van der Waals surface area contributed by atoms with Crippen LogP contribution in [0.2, 0.25) is 0 Å². The highest BCUT2D eigenvalue weighted by Gasteiger charge is 2.20. The molecular weight excluding hydrogens is 417 g/mol. The molecule has 1 N–H and O–H groups in total. The molecule has 166 valence electrons. The Morgan fingerprint density at radius 2 is 1.72 bits per heavy atom. The Balaban J connectivity index is 1.88. The summed E-state index contributed by atoms with van der Waals surface area (Å²) >= 11 is 0. The van der Waals surface area contributed by atoms with E-state index in [1.54, 1.807) is 31.2 Å². The molecule has 0 saturated carbocycles. The van der Waals surface area contributed by atoms with Crippen molar-refractivity contribution in [2.75, 3.05) is 18.5 Å². The van der Waals surface area contributed by atoms with E-state index in [0.29, 0.717) is 12.4 Å². The van der Waals surface area contributed by atoms with Gasteiger partial charge in [0.1, 0.15) is 11.6 Å². The molecule has 3 rings (SSSR count). The van der Waals surface area contributed by atoms with Crippen LogP contribution >= 0.6 is 0 Å². The van der Waals surface area contributed by atoms with Crippen molar-refractivity contribution in [1.29, 1.82) is 0 Å². The van der Waals surface area contributed by atoms with E-state index >= 15 is 0 Å². The van der Waals surface area contributed by atoms with Gasteiger partial charge < -0.3 is 14.8 Å². The zero-order valence-corrected chi connectivity index (χ0v) is 17.6. The average molecular weight is 439 g/mol. The number of nitrogens with one attached hydrogen (secondary N) is 1. The van der Waals surface area contributed by atoms with E-state index in [1.165, 1.54) is 24.3 Å². The van der Waals surface area contributed by atoms with Crippen LogP contribution in [0.3, 0.4) is 0 Å². The lowest BCUT2D eigenvalue weighted by atomic mass is 10.1. The van der Waals surface area contributed by atoms with Crippen molar-refractivity contribution in [1.82, 2.24) is 9.78 Å². The maximum absolute atomic E-state index is 13.2. The van der Waals surface area contributed by atoms with Crippen LogP contribution in [0.4, 0.5) is 10.1 Å². The van der Waals surface area contributed by atoms with Gasteiger partial charge in [-0.25, -0.2) is 9.18 Å². The lowest BCUT2D eigenvalue weighted by Crippen LogP contribution is -2.27. The van der Waals surface area contributed by atoms with Gasteiger partial charge in [-0.05, 0) is 55.8 Å². The Bertz CT molecular complexity index is 1160. The Kier molecular flexibility index (Phi) is 7.33. The summed E-state index contributed by atoms with van der Waals surface area (Å²) in [5, 5.41) is 6.62. The van der Waals surface area contributed by atoms with Crippen LogP contribution in [-0.2, 0) is 16.0 Å². The molecule has 0 atom stereocenters.